The topological polar surface area (TPSA) is 138 Å². The first kappa shape index (κ1) is 29.1. The van der Waals surface area contributed by atoms with Crippen LogP contribution >= 0.6 is 0 Å². The van der Waals surface area contributed by atoms with Crippen molar-refractivity contribution < 1.29 is 32.6 Å². The Kier molecular flexibility index (Phi) is 7.78. The summed E-state index contributed by atoms with van der Waals surface area (Å²) in [6, 6.07) is 9.37. The Balaban J connectivity index is 1.75. The van der Waals surface area contributed by atoms with Gasteiger partial charge in [0.15, 0.2) is 0 Å². The van der Waals surface area contributed by atoms with Gasteiger partial charge in [-0.05, 0) is 50.6 Å². The number of ether oxygens (including phenoxy) is 1. The Labute approximate surface area is 232 Å². The summed E-state index contributed by atoms with van der Waals surface area (Å²) >= 11 is 0. The van der Waals surface area contributed by atoms with E-state index in [0.29, 0.717) is 11.3 Å². The minimum Gasteiger partial charge on any atom is -0.506 e. The zero-order chi connectivity index (χ0) is 30.1. The van der Waals surface area contributed by atoms with Crippen LogP contribution in [-0.2, 0) is 35.3 Å². The Hall–Kier alpha value is -4.86. The quantitative estimate of drug-likeness (QED) is 0.431. The number of amides is 1. The van der Waals surface area contributed by atoms with Crippen molar-refractivity contribution in [2.75, 3.05) is 11.4 Å². The molecule has 41 heavy (non-hydrogen) atoms. The summed E-state index contributed by atoms with van der Waals surface area (Å²) in [5.41, 5.74) is -2.15. The van der Waals surface area contributed by atoms with Crippen LogP contribution in [0.25, 0.3) is 0 Å². The highest BCUT2D eigenvalue weighted by Crippen LogP contribution is 2.35. The summed E-state index contributed by atoms with van der Waals surface area (Å²) in [6.45, 7) is 4.14. The lowest BCUT2D eigenvalue weighted by Gasteiger charge is -2.20. The molecule has 0 bridgehead atoms. The summed E-state index contributed by atoms with van der Waals surface area (Å²) in [4.78, 5) is 44.7. The third-order valence-electron chi connectivity index (χ3n) is 6.21. The number of nitrogens with zero attached hydrogens (tertiary/aromatic N) is 4. The number of fused-ring (bicyclic) bond motifs is 1. The van der Waals surface area contributed by atoms with Gasteiger partial charge in [0, 0.05) is 17.5 Å². The fraction of sp³-hybridized carbons (Fsp3) is 0.321. The molecule has 3 heterocycles. The number of esters is 1. The van der Waals surface area contributed by atoms with Gasteiger partial charge in [-0.15, -0.1) is 0 Å². The zero-order valence-corrected chi connectivity index (χ0v) is 22.4. The van der Waals surface area contributed by atoms with Crippen molar-refractivity contribution in [2.24, 2.45) is 0 Å². The first-order valence-corrected chi connectivity index (χ1v) is 12.4. The number of anilines is 1. The Morgan fingerprint density at radius 2 is 1.83 bits per heavy atom. The van der Waals surface area contributed by atoms with Gasteiger partial charge in [-0.3, -0.25) is 14.4 Å². The second-order valence-corrected chi connectivity index (χ2v) is 10.3. The standard InChI is InChI=1S/C28H26F3N5O5/c1-27(2,3)41-21(37)12-34-25(39)22-23(38)19-14-35(24-17(11-32)5-4-10-33-24)15-20(19)36(26(22)40)13-16-6-8-18(9-7-16)28(29,30)31/h4-10,38H,12-15H2,1-3H3,(H,34,39). The Bertz CT molecular complexity index is 1600. The smallest absolute Gasteiger partial charge is 0.416 e. The number of nitrogens with one attached hydrogen (secondary N) is 1. The van der Waals surface area contributed by atoms with Gasteiger partial charge in [-0.1, -0.05) is 12.1 Å². The van der Waals surface area contributed by atoms with Crippen molar-refractivity contribution in [3.05, 3.63) is 86.5 Å². The van der Waals surface area contributed by atoms with E-state index in [0.717, 1.165) is 12.1 Å². The number of hydrogen-bond donors (Lipinski definition) is 2. The number of aromatic hydroxyl groups is 1. The number of rotatable bonds is 6. The molecule has 0 saturated carbocycles. The van der Waals surface area contributed by atoms with E-state index in [9.17, 15) is 37.9 Å². The SMILES string of the molecule is CC(C)(C)OC(=O)CNC(=O)c1c(O)c2c(n(Cc3ccc(C(F)(F)F)cc3)c1=O)CN(c1ncccc1C#N)C2. The highest BCUT2D eigenvalue weighted by Gasteiger charge is 2.34. The van der Waals surface area contributed by atoms with Gasteiger partial charge >= 0.3 is 12.1 Å². The van der Waals surface area contributed by atoms with Crippen LogP contribution < -0.4 is 15.8 Å². The number of nitriles is 1. The van der Waals surface area contributed by atoms with Crippen LogP contribution in [0, 0.1) is 11.3 Å². The predicted octanol–water partition coefficient (Wildman–Crippen LogP) is 3.48. The van der Waals surface area contributed by atoms with Crippen LogP contribution in [0.15, 0.2) is 47.4 Å². The molecule has 10 nitrogen and oxygen atoms in total. The van der Waals surface area contributed by atoms with Crippen molar-refractivity contribution >= 4 is 17.7 Å². The lowest BCUT2D eigenvalue weighted by Crippen LogP contribution is -2.39. The molecule has 0 radical (unpaired) electrons. The number of pyridine rings is 2. The molecule has 0 atom stereocenters. The van der Waals surface area contributed by atoms with E-state index in [4.69, 9.17) is 4.74 Å². The minimum absolute atomic E-state index is 0.0181. The molecule has 0 unspecified atom stereocenters. The molecule has 3 aromatic rings. The van der Waals surface area contributed by atoms with Crippen LogP contribution in [-0.4, -0.2) is 38.7 Å². The van der Waals surface area contributed by atoms with E-state index in [1.807, 2.05) is 6.07 Å². The first-order chi connectivity index (χ1) is 19.2. The van der Waals surface area contributed by atoms with Gasteiger partial charge in [-0.2, -0.15) is 18.4 Å². The normalized spacial score (nSPS) is 13.0. The molecule has 1 aromatic carbocycles. The van der Waals surface area contributed by atoms with Gasteiger partial charge in [0.2, 0.25) is 0 Å². The van der Waals surface area contributed by atoms with Crippen LogP contribution in [0.2, 0.25) is 0 Å². The predicted molar refractivity (Wildman–Crippen MR) is 140 cm³/mol. The van der Waals surface area contributed by atoms with E-state index in [1.165, 1.54) is 22.9 Å². The Morgan fingerprint density at radius 1 is 1.15 bits per heavy atom. The third kappa shape index (κ3) is 6.32. The fourth-order valence-corrected chi connectivity index (χ4v) is 4.44. The van der Waals surface area contributed by atoms with E-state index < -0.39 is 52.6 Å². The van der Waals surface area contributed by atoms with E-state index >= 15 is 0 Å². The third-order valence-corrected chi connectivity index (χ3v) is 6.21. The van der Waals surface area contributed by atoms with Crippen LogP contribution in [0.3, 0.4) is 0 Å². The molecule has 0 saturated heterocycles. The van der Waals surface area contributed by atoms with E-state index in [2.05, 4.69) is 10.3 Å². The molecule has 1 aliphatic heterocycles. The molecule has 214 valence electrons. The molecule has 13 heteroatoms. The number of halogens is 3. The maximum Gasteiger partial charge on any atom is 0.416 e. The van der Waals surface area contributed by atoms with Crippen molar-refractivity contribution in [3.8, 4) is 11.8 Å². The van der Waals surface area contributed by atoms with Crippen molar-refractivity contribution in [1.29, 1.82) is 5.26 Å². The largest absolute Gasteiger partial charge is 0.506 e. The lowest BCUT2D eigenvalue weighted by atomic mass is 10.1. The van der Waals surface area contributed by atoms with Crippen molar-refractivity contribution in [3.63, 3.8) is 0 Å². The molecule has 2 aromatic heterocycles. The van der Waals surface area contributed by atoms with Gasteiger partial charge in [0.05, 0.1) is 30.8 Å². The summed E-state index contributed by atoms with van der Waals surface area (Å²) in [5, 5.41) is 22.9. The van der Waals surface area contributed by atoms with Gasteiger partial charge in [0.25, 0.3) is 11.5 Å². The van der Waals surface area contributed by atoms with Crippen LogP contribution in [0.1, 0.15) is 59.1 Å². The van der Waals surface area contributed by atoms with Gasteiger partial charge in [0.1, 0.15) is 35.3 Å². The van der Waals surface area contributed by atoms with Gasteiger partial charge in [-0.25, -0.2) is 4.98 Å². The summed E-state index contributed by atoms with van der Waals surface area (Å²) in [5.74, 6) is -2.11. The second kappa shape index (κ2) is 11.0. The average Bonchev–Trinajstić information content (AvgIpc) is 3.34. The number of benzene rings is 1. The molecule has 0 aliphatic carbocycles. The minimum atomic E-state index is -4.55. The molecule has 4 rings (SSSR count). The maximum atomic E-state index is 13.6. The highest BCUT2D eigenvalue weighted by molar-refractivity contribution is 5.98. The summed E-state index contributed by atoms with van der Waals surface area (Å²) in [7, 11) is 0. The fourth-order valence-electron chi connectivity index (χ4n) is 4.44. The van der Waals surface area contributed by atoms with Gasteiger partial charge < -0.3 is 24.6 Å². The number of carbonyl (C=O) groups excluding carboxylic acids is 2. The number of hydrogen-bond acceptors (Lipinski definition) is 8. The van der Waals surface area contributed by atoms with E-state index in [1.54, 1.807) is 37.8 Å². The number of aromatic nitrogens is 2. The molecule has 1 aliphatic rings. The molecular weight excluding hydrogens is 543 g/mol. The molecule has 2 N–H and O–H groups in total. The monoisotopic (exact) mass is 569 g/mol. The summed E-state index contributed by atoms with van der Waals surface area (Å²) in [6.07, 6.45) is -3.07. The van der Waals surface area contributed by atoms with Crippen molar-refractivity contribution in [1.82, 2.24) is 14.9 Å². The molecular formula is C28H26F3N5O5. The molecule has 1 amide bonds. The highest BCUT2D eigenvalue weighted by atomic mass is 19.4. The zero-order valence-electron chi connectivity index (χ0n) is 22.4. The second-order valence-electron chi connectivity index (χ2n) is 10.3. The van der Waals surface area contributed by atoms with E-state index in [-0.39, 0.29) is 36.6 Å². The van der Waals surface area contributed by atoms with Crippen molar-refractivity contribution in [2.45, 2.75) is 52.2 Å². The molecule has 0 fully saturated rings. The number of alkyl halides is 3. The lowest BCUT2D eigenvalue weighted by molar-refractivity contribution is -0.153. The number of carbonyl (C=O) groups is 2. The van der Waals surface area contributed by atoms with Crippen LogP contribution in [0.5, 0.6) is 5.75 Å². The van der Waals surface area contributed by atoms with Crippen LogP contribution in [0.4, 0.5) is 19.0 Å². The summed E-state index contributed by atoms with van der Waals surface area (Å²) < 4.78 is 45.6. The Morgan fingerprint density at radius 3 is 2.44 bits per heavy atom. The molecule has 0 spiro atoms. The average molecular weight is 570 g/mol. The maximum absolute atomic E-state index is 13.6. The first-order valence-electron chi connectivity index (χ1n) is 12.4.